The summed E-state index contributed by atoms with van der Waals surface area (Å²) < 4.78 is 0. The first-order chi connectivity index (χ1) is 8.77. The average Bonchev–Trinajstić information content (AvgIpc) is 2.29. The van der Waals surface area contributed by atoms with Crippen molar-refractivity contribution in [1.29, 1.82) is 0 Å². The minimum atomic E-state index is -0.296. The van der Waals surface area contributed by atoms with Crippen molar-refractivity contribution >= 4 is 12.6 Å². The maximum absolute atomic E-state index is 4.61. The Labute approximate surface area is 126 Å². The molecule has 0 heterocycles. The van der Waals surface area contributed by atoms with Crippen molar-refractivity contribution in [2.45, 2.75) is 103 Å². The predicted molar refractivity (Wildman–Crippen MR) is 89.2 cm³/mol. The Balaban J connectivity index is 3.61. The molecule has 0 aliphatic carbocycles. The monoisotopic (exact) mass is 286 g/mol. The molecule has 19 heavy (non-hydrogen) atoms. The predicted octanol–water partition coefficient (Wildman–Crippen LogP) is 6.41. The summed E-state index contributed by atoms with van der Waals surface area (Å²) in [5.41, 5.74) is -0.0940. The molecule has 0 N–H and O–H groups in total. The highest BCUT2D eigenvalue weighted by molar-refractivity contribution is 7.81. The molecule has 1 atom stereocenters. The molecule has 0 saturated heterocycles. The van der Waals surface area contributed by atoms with Gasteiger partial charge in [-0.2, -0.15) is 10.2 Å². The fraction of sp³-hybridized carbons (Fsp3) is 1.00. The van der Waals surface area contributed by atoms with Crippen molar-refractivity contribution in [3.05, 3.63) is 0 Å². The molecule has 0 fully saturated rings. The van der Waals surface area contributed by atoms with Crippen molar-refractivity contribution in [3.8, 4) is 0 Å². The van der Waals surface area contributed by atoms with Gasteiger partial charge in [-0.25, -0.2) is 0 Å². The van der Waals surface area contributed by atoms with Crippen molar-refractivity contribution in [2.75, 3.05) is 0 Å². The molecular formula is C16H34N2S. The molecule has 0 bridgehead atoms. The standard InChI is InChI=1S/C16H34N2S/c1-6-7-8-9-10-11-12-13-14-16(5,19)18-17-15(2,3)4/h19H,6-14H2,1-5H3. The molecule has 0 aliphatic heterocycles. The van der Waals surface area contributed by atoms with Gasteiger partial charge in [-0.3, -0.25) is 0 Å². The highest BCUT2D eigenvalue weighted by atomic mass is 32.1. The number of rotatable bonds is 10. The second-order valence-electron chi connectivity index (χ2n) is 6.81. The van der Waals surface area contributed by atoms with Gasteiger partial charge in [0.05, 0.1) is 5.54 Å². The van der Waals surface area contributed by atoms with Crippen LogP contribution in [0.5, 0.6) is 0 Å². The summed E-state index contributed by atoms with van der Waals surface area (Å²) in [6.45, 7) is 10.5. The van der Waals surface area contributed by atoms with Crippen LogP contribution in [0.4, 0.5) is 0 Å². The fourth-order valence-corrected chi connectivity index (χ4v) is 2.10. The summed E-state index contributed by atoms with van der Waals surface area (Å²) in [7, 11) is 0. The lowest BCUT2D eigenvalue weighted by molar-refractivity contribution is 0.469. The maximum atomic E-state index is 4.61. The van der Waals surface area contributed by atoms with Gasteiger partial charge in [0, 0.05) is 0 Å². The van der Waals surface area contributed by atoms with E-state index in [-0.39, 0.29) is 10.4 Å². The summed E-state index contributed by atoms with van der Waals surface area (Å²) in [4.78, 5) is -0.296. The molecule has 0 aliphatic rings. The summed E-state index contributed by atoms with van der Waals surface area (Å²) in [6, 6.07) is 0. The molecule has 3 heteroatoms. The molecule has 0 saturated carbocycles. The molecule has 0 aromatic rings. The van der Waals surface area contributed by atoms with Crippen LogP contribution in [0.2, 0.25) is 0 Å². The van der Waals surface area contributed by atoms with E-state index in [0.717, 1.165) is 6.42 Å². The lowest BCUT2D eigenvalue weighted by Crippen LogP contribution is -2.16. The van der Waals surface area contributed by atoms with Crippen LogP contribution in [-0.2, 0) is 0 Å². The molecule has 0 aromatic heterocycles. The smallest absolute Gasteiger partial charge is 0.121 e. The van der Waals surface area contributed by atoms with Crippen LogP contribution in [-0.4, -0.2) is 10.4 Å². The molecule has 0 spiro atoms. The summed E-state index contributed by atoms with van der Waals surface area (Å²) in [5, 5.41) is 8.70. The normalized spacial score (nSPS) is 15.9. The van der Waals surface area contributed by atoms with Crippen LogP contribution in [0.1, 0.15) is 92.4 Å². The van der Waals surface area contributed by atoms with Crippen LogP contribution in [0.25, 0.3) is 0 Å². The minimum Gasteiger partial charge on any atom is -0.187 e. The first kappa shape index (κ1) is 18.9. The third-order valence-electron chi connectivity index (χ3n) is 3.07. The van der Waals surface area contributed by atoms with E-state index >= 15 is 0 Å². The molecule has 2 nitrogen and oxygen atoms in total. The topological polar surface area (TPSA) is 24.7 Å². The van der Waals surface area contributed by atoms with E-state index in [4.69, 9.17) is 0 Å². The minimum absolute atomic E-state index is 0.0940. The van der Waals surface area contributed by atoms with Crippen molar-refractivity contribution in [1.82, 2.24) is 0 Å². The second kappa shape index (κ2) is 9.79. The first-order valence-electron chi connectivity index (χ1n) is 7.93. The summed E-state index contributed by atoms with van der Waals surface area (Å²) in [6.07, 6.45) is 11.8. The Hall–Kier alpha value is -0.0500. The molecular weight excluding hydrogens is 252 g/mol. The van der Waals surface area contributed by atoms with Gasteiger partial charge in [-0.1, -0.05) is 58.3 Å². The molecule has 114 valence electrons. The molecule has 1 unspecified atom stereocenters. The van der Waals surface area contributed by atoms with Gasteiger partial charge in [-0.05, 0) is 34.1 Å². The van der Waals surface area contributed by atoms with Crippen LogP contribution in [0.3, 0.4) is 0 Å². The van der Waals surface area contributed by atoms with Gasteiger partial charge in [-0.15, -0.1) is 12.6 Å². The highest BCUT2D eigenvalue weighted by Crippen LogP contribution is 2.26. The Bertz CT molecular complexity index is 242. The Morgan fingerprint density at radius 2 is 1.21 bits per heavy atom. The Morgan fingerprint density at radius 3 is 1.68 bits per heavy atom. The van der Waals surface area contributed by atoms with Gasteiger partial charge in [0.25, 0.3) is 0 Å². The zero-order valence-electron chi connectivity index (χ0n) is 13.7. The molecule has 0 radical (unpaired) electrons. The summed E-state index contributed by atoms with van der Waals surface area (Å²) in [5.74, 6) is 0. The number of hydrogen-bond acceptors (Lipinski definition) is 3. The van der Waals surface area contributed by atoms with Gasteiger partial charge in [0.15, 0.2) is 0 Å². The lowest BCUT2D eigenvalue weighted by atomic mass is 10.1. The van der Waals surface area contributed by atoms with Crippen LogP contribution < -0.4 is 0 Å². The second-order valence-corrected chi connectivity index (χ2v) is 7.78. The van der Waals surface area contributed by atoms with Crippen LogP contribution in [0.15, 0.2) is 10.2 Å². The largest absolute Gasteiger partial charge is 0.187 e. The Morgan fingerprint density at radius 1 is 0.737 bits per heavy atom. The molecule has 0 aromatic carbocycles. The number of unbranched alkanes of at least 4 members (excludes halogenated alkanes) is 7. The average molecular weight is 287 g/mol. The van der Waals surface area contributed by atoms with Crippen LogP contribution in [0, 0.1) is 0 Å². The zero-order valence-corrected chi connectivity index (χ0v) is 14.6. The zero-order chi connectivity index (χ0) is 14.8. The van der Waals surface area contributed by atoms with Gasteiger partial charge in [0.2, 0.25) is 0 Å². The number of hydrogen-bond donors (Lipinski definition) is 1. The number of thiol groups is 1. The quantitative estimate of drug-likeness (QED) is 0.272. The van der Waals surface area contributed by atoms with E-state index in [1.54, 1.807) is 0 Å². The van der Waals surface area contributed by atoms with E-state index in [2.05, 4.69) is 57.5 Å². The van der Waals surface area contributed by atoms with E-state index in [9.17, 15) is 0 Å². The highest BCUT2D eigenvalue weighted by Gasteiger charge is 2.18. The SMILES string of the molecule is CCCCCCCCCCC(C)(S)N=NC(C)(C)C. The van der Waals surface area contributed by atoms with Crippen molar-refractivity contribution in [2.24, 2.45) is 10.2 Å². The lowest BCUT2D eigenvalue weighted by Gasteiger charge is -2.19. The van der Waals surface area contributed by atoms with Gasteiger partial charge < -0.3 is 0 Å². The van der Waals surface area contributed by atoms with E-state index in [1.807, 2.05) is 0 Å². The van der Waals surface area contributed by atoms with Crippen molar-refractivity contribution < 1.29 is 0 Å². The molecule has 0 rings (SSSR count). The van der Waals surface area contributed by atoms with Crippen LogP contribution >= 0.6 is 12.6 Å². The Kier molecular flexibility index (Phi) is 9.77. The summed E-state index contributed by atoms with van der Waals surface area (Å²) >= 11 is 4.61. The molecule has 0 amide bonds. The third kappa shape index (κ3) is 14.2. The van der Waals surface area contributed by atoms with E-state index in [1.165, 1.54) is 51.4 Å². The third-order valence-corrected chi connectivity index (χ3v) is 3.38. The number of nitrogens with zero attached hydrogens (tertiary/aromatic N) is 2. The maximum Gasteiger partial charge on any atom is 0.121 e. The fourth-order valence-electron chi connectivity index (χ4n) is 1.90. The number of azo groups is 1. The van der Waals surface area contributed by atoms with Gasteiger partial charge >= 0.3 is 0 Å². The first-order valence-corrected chi connectivity index (χ1v) is 8.38. The van der Waals surface area contributed by atoms with E-state index < -0.39 is 0 Å². The van der Waals surface area contributed by atoms with Crippen molar-refractivity contribution in [3.63, 3.8) is 0 Å². The van der Waals surface area contributed by atoms with E-state index in [0.29, 0.717) is 0 Å². The van der Waals surface area contributed by atoms with Gasteiger partial charge in [0.1, 0.15) is 4.87 Å².